The summed E-state index contributed by atoms with van der Waals surface area (Å²) in [6.07, 6.45) is 0. The van der Waals surface area contributed by atoms with E-state index in [-0.39, 0.29) is 17.3 Å². The number of nitrogens with two attached hydrogens (primary N) is 1. The maximum atomic E-state index is 13.1. The van der Waals surface area contributed by atoms with E-state index in [0.29, 0.717) is 0 Å². The average molecular weight is 272 g/mol. The molecule has 20 heavy (non-hydrogen) atoms. The molecule has 0 saturated heterocycles. The summed E-state index contributed by atoms with van der Waals surface area (Å²) in [5.74, 6) is 5.56. The predicted molar refractivity (Wildman–Crippen MR) is 80.7 cm³/mol. The molecule has 0 bridgehead atoms. The van der Waals surface area contributed by atoms with Crippen molar-refractivity contribution in [1.82, 2.24) is 5.43 Å². The number of hydrazine groups is 1. The highest BCUT2D eigenvalue weighted by molar-refractivity contribution is 5.33. The summed E-state index contributed by atoms with van der Waals surface area (Å²) in [5.41, 5.74) is 6.02. The first-order valence-corrected chi connectivity index (χ1v) is 6.74. The monoisotopic (exact) mass is 272 g/mol. The zero-order valence-electron chi connectivity index (χ0n) is 12.2. The minimum absolute atomic E-state index is 0.0483. The lowest BCUT2D eigenvalue weighted by Crippen LogP contribution is -2.41. The maximum Gasteiger partial charge on any atom is 0.123 e. The van der Waals surface area contributed by atoms with E-state index in [4.69, 9.17) is 5.84 Å². The minimum atomic E-state index is -0.254. The molecule has 0 radical (unpaired) electrons. The Morgan fingerprint density at radius 3 is 2.30 bits per heavy atom. The molecular formula is C17H21FN2. The van der Waals surface area contributed by atoms with Crippen LogP contribution in [0, 0.1) is 12.7 Å². The lowest BCUT2D eigenvalue weighted by molar-refractivity contribution is 0.352. The van der Waals surface area contributed by atoms with Crippen LogP contribution < -0.4 is 11.3 Å². The molecule has 3 heteroatoms. The van der Waals surface area contributed by atoms with Crippen molar-refractivity contribution >= 4 is 0 Å². The third-order valence-electron chi connectivity index (χ3n) is 3.85. The van der Waals surface area contributed by atoms with Crippen LogP contribution in [-0.4, -0.2) is 0 Å². The fourth-order valence-corrected chi connectivity index (χ4v) is 2.62. The van der Waals surface area contributed by atoms with Gasteiger partial charge in [0.05, 0.1) is 6.04 Å². The molecule has 2 rings (SSSR count). The smallest absolute Gasteiger partial charge is 0.123 e. The summed E-state index contributed by atoms with van der Waals surface area (Å²) in [5, 5.41) is 0. The fourth-order valence-electron chi connectivity index (χ4n) is 2.62. The van der Waals surface area contributed by atoms with Gasteiger partial charge in [-0.25, -0.2) is 4.39 Å². The zero-order chi connectivity index (χ0) is 14.8. The maximum absolute atomic E-state index is 13.1. The number of hydrogen-bond acceptors (Lipinski definition) is 2. The largest absolute Gasteiger partial charge is 0.271 e. The predicted octanol–water partition coefficient (Wildman–Crippen LogP) is 3.62. The average Bonchev–Trinajstić information content (AvgIpc) is 2.40. The van der Waals surface area contributed by atoms with Crippen LogP contribution in [-0.2, 0) is 5.41 Å². The summed E-state index contributed by atoms with van der Waals surface area (Å²) in [7, 11) is 0. The van der Waals surface area contributed by atoms with Gasteiger partial charge in [-0.15, -0.1) is 0 Å². The summed E-state index contributed by atoms with van der Waals surface area (Å²) in [6.45, 7) is 6.27. The van der Waals surface area contributed by atoms with Crippen LogP contribution in [0.1, 0.15) is 36.6 Å². The van der Waals surface area contributed by atoms with E-state index < -0.39 is 0 Å². The van der Waals surface area contributed by atoms with Crippen LogP contribution in [0.5, 0.6) is 0 Å². The molecule has 2 aromatic carbocycles. The number of hydrogen-bond donors (Lipinski definition) is 2. The second-order valence-electron chi connectivity index (χ2n) is 5.74. The molecule has 0 aliphatic heterocycles. The molecule has 2 nitrogen and oxygen atoms in total. The fraction of sp³-hybridized carbons (Fsp3) is 0.294. The van der Waals surface area contributed by atoms with Gasteiger partial charge in [0.1, 0.15) is 5.82 Å². The summed E-state index contributed by atoms with van der Waals surface area (Å²) in [6, 6.07) is 14.8. The Hall–Kier alpha value is -1.71. The molecule has 0 fully saturated rings. The van der Waals surface area contributed by atoms with E-state index in [0.717, 1.165) is 11.1 Å². The van der Waals surface area contributed by atoms with Crippen molar-refractivity contribution in [3.8, 4) is 0 Å². The third-order valence-corrected chi connectivity index (χ3v) is 3.85. The lowest BCUT2D eigenvalue weighted by Gasteiger charge is -2.35. The van der Waals surface area contributed by atoms with Gasteiger partial charge in [-0.2, -0.15) is 0 Å². The highest BCUT2D eigenvalue weighted by atomic mass is 19.1. The highest BCUT2D eigenvalue weighted by Crippen LogP contribution is 2.36. The Bertz CT molecular complexity index is 576. The number of aryl methyl sites for hydroxylation is 1. The van der Waals surface area contributed by atoms with Crippen molar-refractivity contribution in [3.05, 3.63) is 71.0 Å². The van der Waals surface area contributed by atoms with Gasteiger partial charge in [-0.1, -0.05) is 55.8 Å². The summed E-state index contributed by atoms with van der Waals surface area (Å²) in [4.78, 5) is 0. The number of nitrogens with one attached hydrogen (secondary N) is 1. The standard InChI is InChI=1S/C17H21FN2/c1-12-5-4-6-13(11-12)16(20-19)17(2,3)14-7-9-15(18)10-8-14/h4-11,16,20H,19H2,1-3H3. The van der Waals surface area contributed by atoms with Gasteiger partial charge in [0.2, 0.25) is 0 Å². The molecular weight excluding hydrogens is 251 g/mol. The van der Waals surface area contributed by atoms with E-state index in [1.165, 1.54) is 17.7 Å². The van der Waals surface area contributed by atoms with Gasteiger partial charge in [-0.05, 0) is 30.2 Å². The molecule has 0 aromatic heterocycles. The van der Waals surface area contributed by atoms with Gasteiger partial charge >= 0.3 is 0 Å². The molecule has 3 N–H and O–H groups in total. The number of halogens is 1. The number of benzene rings is 2. The molecule has 2 aromatic rings. The first-order valence-electron chi connectivity index (χ1n) is 6.74. The van der Waals surface area contributed by atoms with Gasteiger partial charge in [-0.3, -0.25) is 11.3 Å². The van der Waals surface area contributed by atoms with Crippen molar-refractivity contribution < 1.29 is 4.39 Å². The summed E-state index contributed by atoms with van der Waals surface area (Å²) >= 11 is 0. The van der Waals surface area contributed by atoms with Crippen LogP contribution in [0.15, 0.2) is 48.5 Å². The summed E-state index contributed by atoms with van der Waals surface area (Å²) < 4.78 is 13.1. The minimum Gasteiger partial charge on any atom is -0.271 e. The number of rotatable bonds is 4. The molecule has 1 atom stereocenters. The second-order valence-corrected chi connectivity index (χ2v) is 5.74. The van der Waals surface area contributed by atoms with E-state index in [1.807, 2.05) is 18.2 Å². The Balaban J connectivity index is 2.41. The zero-order valence-corrected chi connectivity index (χ0v) is 12.2. The first-order chi connectivity index (χ1) is 9.45. The third kappa shape index (κ3) is 2.89. The Labute approximate surface area is 119 Å². The Morgan fingerprint density at radius 2 is 1.75 bits per heavy atom. The molecule has 0 amide bonds. The van der Waals surface area contributed by atoms with Crippen LogP contribution in [0.2, 0.25) is 0 Å². The van der Waals surface area contributed by atoms with E-state index in [2.05, 4.69) is 44.4 Å². The van der Waals surface area contributed by atoms with Gasteiger partial charge < -0.3 is 0 Å². The highest BCUT2D eigenvalue weighted by Gasteiger charge is 2.31. The van der Waals surface area contributed by atoms with Crippen LogP contribution in [0.4, 0.5) is 4.39 Å². The lowest BCUT2D eigenvalue weighted by atomic mass is 9.75. The molecule has 0 aliphatic carbocycles. The van der Waals surface area contributed by atoms with Gasteiger partial charge in [0.25, 0.3) is 0 Å². The van der Waals surface area contributed by atoms with Crippen LogP contribution in [0.25, 0.3) is 0 Å². The van der Waals surface area contributed by atoms with Gasteiger partial charge in [0.15, 0.2) is 0 Å². The normalized spacial score (nSPS) is 13.2. The quantitative estimate of drug-likeness (QED) is 0.659. The molecule has 0 saturated carbocycles. The van der Waals surface area contributed by atoms with Crippen molar-refractivity contribution in [3.63, 3.8) is 0 Å². The van der Waals surface area contributed by atoms with Crippen LogP contribution in [0.3, 0.4) is 0 Å². The second kappa shape index (κ2) is 5.73. The van der Waals surface area contributed by atoms with Crippen LogP contribution >= 0.6 is 0 Å². The molecule has 0 spiro atoms. The van der Waals surface area contributed by atoms with Crippen molar-refractivity contribution in [2.45, 2.75) is 32.2 Å². The van der Waals surface area contributed by atoms with E-state index in [9.17, 15) is 4.39 Å². The van der Waals surface area contributed by atoms with E-state index >= 15 is 0 Å². The SMILES string of the molecule is Cc1cccc(C(NN)C(C)(C)c2ccc(F)cc2)c1. The van der Waals surface area contributed by atoms with Gasteiger partial charge in [0, 0.05) is 5.41 Å². The topological polar surface area (TPSA) is 38.0 Å². The van der Waals surface area contributed by atoms with Crippen molar-refractivity contribution in [2.24, 2.45) is 5.84 Å². The van der Waals surface area contributed by atoms with Crippen molar-refractivity contribution in [1.29, 1.82) is 0 Å². The molecule has 0 aliphatic rings. The van der Waals surface area contributed by atoms with E-state index in [1.54, 1.807) is 0 Å². The molecule has 1 unspecified atom stereocenters. The Morgan fingerprint density at radius 1 is 1.10 bits per heavy atom. The molecule has 0 heterocycles. The van der Waals surface area contributed by atoms with Crippen molar-refractivity contribution in [2.75, 3.05) is 0 Å². The molecule has 106 valence electrons. The first kappa shape index (κ1) is 14.7. The Kier molecular flexibility index (Phi) is 4.21.